The van der Waals surface area contributed by atoms with Crippen LogP contribution in [0.1, 0.15) is 31.8 Å². The van der Waals surface area contributed by atoms with Gasteiger partial charge in [0.25, 0.3) is 5.91 Å². The van der Waals surface area contributed by atoms with Gasteiger partial charge in [0.05, 0.1) is 31.6 Å². The summed E-state index contributed by atoms with van der Waals surface area (Å²) in [6.45, 7) is 0.517. The molecule has 160 valence electrons. The van der Waals surface area contributed by atoms with Crippen LogP contribution in [-0.4, -0.2) is 31.1 Å². The first-order chi connectivity index (χ1) is 14.9. The number of amides is 1. The molecule has 0 atom stereocenters. The summed E-state index contributed by atoms with van der Waals surface area (Å²) in [6, 6.07) is 19.1. The van der Waals surface area contributed by atoms with Crippen molar-refractivity contribution in [3.63, 3.8) is 0 Å². The first kappa shape index (κ1) is 21.9. The van der Waals surface area contributed by atoms with E-state index in [0.29, 0.717) is 29.2 Å². The van der Waals surface area contributed by atoms with Crippen molar-refractivity contribution in [3.8, 4) is 5.75 Å². The second-order valence-electron chi connectivity index (χ2n) is 6.94. The molecular weight excluding hydrogens is 396 g/mol. The summed E-state index contributed by atoms with van der Waals surface area (Å²) in [4.78, 5) is 25.6. The predicted molar refractivity (Wildman–Crippen MR) is 118 cm³/mol. The van der Waals surface area contributed by atoms with Gasteiger partial charge in [-0.3, -0.25) is 4.79 Å². The van der Waals surface area contributed by atoms with Crippen molar-refractivity contribution in [1.29, 1.82) is 0 Å². The van der Waals surface area contributed by atoms with Crippen molar-refractivity contribution >= 4 is 23.3 Å². The van der Waals surface area contributed by atoms with Crippen LogP contribution in [0.15, 0.2) is 66.7 Å². The van der Waals surface area contributed by atoms with Crippen LogP contribution in [0.5, 0.6) is 5.75 Å². The molecule has 0 unspecified atom stereocenters. The number of carbonyl (C=O) groups is 2. The lowest BCUT2D eigenvalue weighted by Gasteiger charge is -2.18. The Morgan fingerprint density at radius 2 is 1.71 bits per heavy atom. The van der Waals surface area contributed by atoms with Crippen LogP contribution < -0.4 is 15.4 Å². The smallest absolute Gasteiger partial charge is 0.336 e. The zero-order chi connectivity index (χ0) is 22.4. The number of benzene rings is 3. The number of ether oxygens (including phenoxy) is 2. The van der Waals surface area contributed by atoms with Crippen molar-refractivity contribution in [2.24, 2.45) is 0 Å². The van der Waals surface area contributed by atoms with E-state index in [2.05, 4.69) is 0 Å². The molecule has 31 heavy (non-hydrogen) atoms. The Bertz CT molecular complexity index is 1080. The first-order valence-corrected chi connectivity index (χ1v) is 9.60. The van der Waals surface area contributed by atoms with Gasteiger partial charge in [-0.05, 0) is 47.5 Å². The van der Waals surface area contributed by atoms with E-state index in [1.807, 2.05) is 24.3 Å². The number of rotatable bonds is 8. The van der Waals surface area contributed by atoms with E-state index in [0.717, 1.165) is 11.3 Å². The lowest BCUT2D eigenvalue weighted by molar-refractivity contribution is 0.0684. The number of methoxy groups -OCH3 is 1. The number of carboxylic acid groups (broad SMARTS) is 1. The van der Waals surface area contributed by atoms with Gasteiger partial charge in [-0.2, -0.15) is 0 Å². The van der Waals surface area contributed by atoms with Crippen molar-refractivity contribution in [1.82, 2.24) is 0 Å². The van der Waals surface area contributed by atoms with E-state index < -0.39 is 5.97 Å². The highest BCUT2D eigenvalue weighted by Gasteiger charge is 2.15. The number of hydrogen-bond donors (Lipinski definition) is 2. The second-order valence-corrected chi connectivity index (χ2v) is 6.94. The average molecular weight is 420 g/mol. The van der Waals surface area contributed by atoms with Crippen LogP contribution in [0, 0.1) is 0 Å². The lowest BCUT2D eigenvalue weighted by atomic mass is 10.1. The van der Waals surface area contributed by atoms with Gasteiger partial charge in [0, 0.05) is 18.3 Å². The van der Waals surface area contributed by atoms with Crippen molar-refractivity contribution < 1.29 is 24.2 Å². The fraction of sp³-hybridized carbons (Fsp3) is 0.167. The second kappa shape index (κ2) is 9.77. The summed E-state index contributed by atoms with van der Waals surface area (Å²) in [5, 5.41) is 9.23. The molecule has 3 aromatic rings. The molecule has 0 aliphatic carbocycles. The minimum Gasteiger partial charge on any atom is -0.495 e. The molecule has 0 aliphatic heterocycles. The molecule has 0 saturated heterocycles. The number of carbonyl (C=O) groups excluding carboxylic acids is 1. The van der Waals surface area contributed by atoms with E-state index in [1.165, 1.54) is 7.11 Å². The van der Waals surface area contributed by atoms with E-state index >= 15 is 0 Å². The Morgan fingerprint density at radius 1 is 1.00 bits per heavy atom. The minimum absolute atomic E-state index is 0.187. The van der Waals surface area contributed by atoms with Gasteiger partial charge < -0.3 is 25.2 Å². The number of carboxylic acids is 1. The summed E-state index contributed by atoms with van der Waals surface area (Å²) in [7, 11) is 3.20. The molecule has 3 N–H and O–H groups in total. The fourth-order valence-electron chi connectivity index (χ4n) is 3.10. The van der Waals surface area contributed by atoms with Crippen LogP contribution in [0.4, 0.5) is 11.4 Å². The molecule has 0 aliphatic rings. The fourth-order valence-corrected chi connectivity index (χ4v) is 3.10. The van der Waals surface area contributed by atoms with Crippen molar-refractivity contribution in [2.75, 3.05) is 24.8 Å². The first-order valence-electron chi connectivity index (χ1n) is 9.60. The number of nitrogens with two attached hydrogens (primary N) is 1. The maximum Gasteiger partial charge on any atom is 0.336 e. The van der Waals surface area contributed by atoms with Gasteiger partial charge in [0.1, 0.15) is 5.75 Å². The highest BCUT2D eigenvalue weighted by molar-refractivity contribution is 6.06. The Labute approximate surface area is 180 Å². The maximum absolute atomic E-state index is 12.8. The predicted octanol–water partition coefficient (Wildman–Crippen LogP) is 3.97. The third-order valence-electron chi connectivity index (χ3n) is 4.88. The van der Waals surface area contributed by atoms with E-state index in [9.17, 15) is 14.7 Å². The highest BCUT2D eigenvalue weighted by Crippen LogP contribution is 2.24. The van der Waals surface area contributed by atoms with Gasteiger partial charge in [-0.25, -0.2) is 4.79 Å². The topological polar surface area (TPSA) is 102 Å². The highest BCUT2D eigenvalue weighted by atomic mass is 16.5. The zero-order valence-electron chi connectivity index (χ0n) is 17.4. The van der Waals surface area contributed by atoms with Crippen molar-refractivity contribution in [3.05, 3.63) is 89.0 Å². The average Bonchev–Trinajstić information content (AvgIpc) is 2.79. The summed E-state index contributed by atoms with van der Waals surface area (Å²) in [5.74, 6) is -0.709. The lowest BCUT2D eigenvalue weighted by Crippen LogP contribution is -2.26. The summed E-state index contributed by atoms with van der Waals surface area (Å²) >= 11 is 0. The normalized spacial score (nSPS) is 10.5. The monoisotopic (exact) mass is 420 g/mol. The van der Waals surface area contributed by atoms with E-state index in [4.69, 9.17) is 15.2 Å². The molecule has 3 rings (SSSR count). The summed E-state index contributed by atoms with van der Waals surface area (Å²) in [5.41, 5.74) is 9.24. The van der Waals surface area contributed by atoms with Gasteiger partial charge in [0.15, 0.2) is 0 Å². The Morgan fingerprint density at radius 3 is 2.39 bits per heavy atom. The van der Waals surface area contributed by atoms with Gasteiger partial charge in [-0.15, -0.1) is 0 Å². The SMILES string of the molecule is COc1cc(C(=O)N(C)c2ccc(COCc3ccccc3C(=O)O)cc2)ccc1N. The molecular formula is C24H24N2O5. The molecule has 0 bridgehead atoms. The molecule has 0 fully saturated rings. The number of nitrogen functional groups attached to an aromatic ring is 1. The van der Waals surface area contributed by atoms with E-state index in [1.54, 1.807) is 54.4 Å². The number of anilines is 2. The van der Waals surface area contributed by atoms with Crippen LogP contribution in [0.25, 0.3) is 0 Å². The maximum atomic E-state index is 12.8. The largest absolute Gasteiger partial charge is 0.495 e. The Kier molecular flexibility index (Phi) is 6.89. The molecule has 7 heteroatoms. The molecule has 1 amide bonds. The molecule has 0 spiro atoms. The standard InChI is InChI=1S/C24H24N2O5/c1-26(23(27)17-9-12-21(25)22(13-17)30-2)19-10-7-16(8-11-19)14-31-15-18-5-3-4-6-20(18)24(28)29/h3-13H,14-15,25H2,1-2H3,(H,28,29). The van der Waals surface area contributed by atoms with Crippen molar-refractivity contribution in [2.45, 2.75) is 13.2 Å². The Balaban J connectivity index is 1.62. The molecule has 0 saturated carbocycles. The third kappa shape index (κ3) is 5.21. The van der Waals surface area contributed by atoms with Gasteiger partial charge in [0.2, 0.25) is 0 Å². The van der Waals surface area contributed by atoms with Crippen LogP contribution in [0.3, 0.4) is 0 Å². The number of nitrogens with zero attached hydrogens (tertiary/aromatic N) is 1. The number of hydrogen-bond acceptors (Lipinski definition) is 5. The molecule has 0 heterocycles. The van der Waals surface area contributed by atoms with Crippen LogP contribution in [-0.2, 0) is 18.0 Å². The minimum atomic E-state index is -0.977. The van der Waals surface area contributed by atoms with Gasteiger partial charge >= 0.3 is 5.97 Å². The van der Waals surface area contributed by atoms with E-state index in [-0.39, 0.29) is 18.1 Å². The number of aromatic carboxylic acids is 1. The summed E-state index contributed by atoms with van der Waals surface area (Å²) in [6.07, 6.45) is 0. The quantitative estimate of drug-likeness (QED) is 0.535. The molecule has 3 aromatic carbocycles. The summed E-state index contributed by atoms with van der Waals surface area (Å²) < 4.78 is 10.9. The third-order valence-corrected chi connectivity index (χ3v) is 4.88. The Hall–Kier alpha value is -3.84. The molecule has 7 nitrogen and oxygen atoms in total. The van der Waals surface area contributed by atoms with Gasteiger partial charge in [-0.1, -0.05) is 30.3 Å². The molecule has 0 radical (unpaired) electrons. The zero-order valence-corrected chi connectivity index (χ0v) is 17.4. The van der Waals surface area contributed by atoms with Crippen LogP contribution >= 0.6 is 0 Å². The molecule has 0 aromatic heterocycles. The van der Waals surface area contributed by atoms with Crippen LogP contribution in [0.2, 0.25) is 0 Å².